The number of carbonyl (C=O) groups is 1. The van der Waals surface area contributed by atoms with Crippen LogP contribution in [0.3, 0.4) is 0 Å². The molecule has 0 spiro atoms. The number of nitrogens with one attached hydrogen (secondary N) is 1. The molecule has 21 heavy (non-hydrogen) atoms. The van der Waals surface area contributed by atoms with Crippen LogP contribution in [0.2, 0.25) is 0 Å². The van der Waals surface area contributed by atoms with Gasteiger partial charge in [-0.15, -0.1) is 12.4 Å². The summed E-state index contributed by atoms with van der Waals surface area (Å²) in [4.78, 5) is 14.4. The molecule has 1 saturated heterocycles. The van der Waals surface area contributed by atoms with E-state index in [0.717, 1.165) is 51.2 Å². The van der Waals surface area contributed by atoms with Crippen LogP contribution in [-0.4, -0.2) is 31.7 Å². The molecule has 0 bridgehead atoms. The smallest absolute Gasteiger partial charge is 0.227 e. The monoisotopic (exact) mass is 310 g/mol. The molecule has 1 fully saturated rings. The molecule has 2 aliphatic heterocycles. The number of halogens is 1. The van der Waals surface area contributed by atoms with Gasteiger partial charge in [0.25, 0.3) is 0 Å². The summed E-state index contributed by atoms with van der Waals surface area (Å²) in [6.07, 6.45) is 3.96. The summed E-state index contributed by atoms with van der Waals surface area (Å²) in [5.41, 5.74) is 2.27. The molecule has 1 N–H and O–H groups in total. The number of carbonyl (C=O) groups excluding carboxylic acids is 1. The first kappa shape index (κ1) is 16.3. The van der Waals surface area contributed by atoms with Crippen LogP contribution in [0.5, 0.6) is 0 Å². The Morgan fingerprint density at radius 3 is 3.05 bits per heavy atom. The molecule has 1 aromatic rings. The molecule has 2 aliphatic rings. The molecule has 1 atom stereocenters. The Kier molecular flexibility index (Phi) is 6.03. The maximum absolute atomic E-state index is 12.5. The standard InChI is InChI=1S/C16H22N2O2.ClH/c19-16(8-7-14-5-3-11-20-14)18-10-9-17-12-13-4-1-2-6-15(13)18;/h1-2,4,6,14,17H,3,5,7-12H2;1H. The topological polar surface area (TPSA) is 41.6 Å². The van der Waals surface area contributed by atoms with Crippen molar-refractivity contribution >= 4 is 24.0 Å². The van der Waals surface area contributed by atoms with Crippen molar-refractivity contribution in [2.45, 2.75) is 38.3 Å². The van der Waals surface area contributed by atoms with E-state index in [1.165, 1.54) is 5.56 Å². The maximum atomic E-state index is 12.5. The Balaban J connectivity index is 0.00000161. The number of nitrogens with zero attached hydrogens (tertiary/aromatic N) is 1. The summed E-state index contributed by atoms with van der Waals surface area (Å²) in [5, 5.41) is 3.37. The molecule has 1 amide bonds. The van der Waals surface area contributed by atoms with Gasteiger partial charge in [-0.05, 0) is 30.9 Å². The molecule has 2 heterocycles. The first-order valence-electron chi connectivity index (χ1n) is 7.55. The number of amides is 1. The van der Waals surface area contributed by atoms with Crippen molar-refractivity contribution in [1.29, 1.82) is 0 Å². The molecule has 3 rings (SSSR count). The van der Waals surface area contributed by atoms with Crippen LogP contribution in [-0.2, 0) is 16.1 Å². The predicted octanol–water partition coefficient (Wildman–Crippen LogP) is 2.50. The van der Waals surface area contributed by atoms with Gasteiger partial charge < -0.3 is 15.0 Å². The van der Waals surface area contributed by atoms with Gasteiger partial charge in [0.05, 0.1) is 6.10 Å². The van der Waals surface area contributed by atoms with Crippen molar-refractivity contribution < 1.29 is 9.53 Å². The molecule has 0 aromatic heterocycles. The minimum atomic E-state index is 0. The van der Waals surface area contributed by atoms with Gasteiger partial charge in [0.15, 0.2) is 0 Å². The van der Waals surface area contributed by atoms with E-state index in [-0.39, 0.29) is 18.3 Å². The SMILES string of the molecule is Cl.O=C(CCC1CCCO1)N1CCNCc2ccccc21. The average Bonchev–Trinajstić information content (AvgIpc) is 2.90. The molecular weight excluding hydrogens is 288 g/mol. The lowest BCUT2D eigenvalue weighted by Gasteiger charge is -2.23. The van der Waals surface area contributed by atoms with Crippen molar-refractivity contribution in [2.24, 2.45) is 0 Å². The van der Waals surface area contributed by atoms with Crippen LogP contribution in [0.25, 0.3) is 0 Å². The molecule has 5 heteroatoms. The van der Waals surface area contributed by atoms with E-state index in [9.17, 15) is 4.79 Å². The van der Waals surface area contributed by atoms with Gasteiger partial charge in [-0.3, -0.25) is 4.79 Å². The highest BCUT2D eigenvalue weighted by Crippen LogP contribution is 2.24. The van der Waals surface area contributed by atoms with Gasteiger partial charge in [0, 0.05) is 38.3 Å². The van der Waals surface area contributed by atoms with Gasteiger partial charge in [0.2, 0.25) is 5.91 Å². The fourth-order valence-electron chi connectivity index (χ4n) is 3.01. The lowest BCUT2D eigenvalue weighted by molar-refractivity contribution is -0.119. The zero-order valence-corrected chi connectivity index (χ0v) is 13.0. The Morgan fingerprint density at radius 2 is 2.24 bits per heavy atom. The number of rotatable bonds is 3. The highest BCUT2D eigenvalue weighted by atomic mass is 35.5. The van der Waals surface area contributed by atoms with Gasteiger partial charge in [0.1, 0.15) is 0 Å². The Labute approximate surface area is 132 Å². The summed E-state index contributed by atoms with van der Waals surface area (Å²) in [6.45, 7) is 3.29. The van der Waals surface area contributed by atoms with E-state index in [1.807, 2.05) is 23.1 Å². The summed E-state index contributed by atoms with van der Waals surface area (Å²) in [6, 6.07) is 8.17. The molecule has 0 aliphatic carbocycles. The summed E-state index contributed by atoms with van der Waals surface area (Å²) >= 11 is 0. The van der Waals surface area contributed by atoms with E-state index in [4.69, 9.17) is 4.74 Å². The maximum Gasteiger partial charge on any atom is 0.227 e. The second-order valence-corrected chi connectivity index (χ2v) is 5.52. The highest BCUT2D eigenvalue weighted by molar-refractivity contribution is 5.94. The van der Waals surface area contributed by atoms with Crippen LogP contribution in [0.4, 0.5) is 5.69 Å². The number of fused-ring (bicyclic) bond motifs is 1. The number of anilines is 1. The Bertz CT molecular complexity index is 475. The van der Waals surface area contributed by atoms with Crippen LogP contribution in [0, 0.1) is 0 Å². The van der Waals surface area contributed by atoms with Gasteiger partial charge >= 0.3 is 0 Å². The molecule has 1 aromatic carbocycles. The third-order valence-electron chi connectivity index (χ3n) is 4.12. The Hall–Kier alpha value is -1.10. The minimum absolute atomic E-state index is 0. The first-order valence-corrected chi connectivity index (χ1v) is 7.55. The van der Waals surface area contributed by atoms with Crippen LogP contribution < -0.4 is 10.2 Å². The number of hydrogen-bond acceptors (Lipinski definition) is 3. The van der Waals surface area contributed by atoms with E-state index >= 15 is 0 Å². The molecule has 0 radical (unpaired) electrons. The first-order chi connectivity index (χ1) is 9.84. The number of hydrogen-bond donors (Lipinski definition) is 1. The summed E-state index contributed by atoms with van der Waals surface area (Å²) in [7, 11) is 0. The van der Waals surface area contributed by atoms with E-state index in [0.29, 0.717) is 12.5 Å². The molecule has 0 saturated carbocycles. The number of para-hydroxylation sites is 1. The Morgan fingerprint density at radius 1 is 1.38 bits per heavy atom. The van der Waals surface area contributed by atoms with Gasteiger partial charge in [-0.1, -0.05) is 18.2 Å². The number of benzene rings is 1. The zero-order valence-electron chi connectivity index (χ0n) is 12.2. The molecule has 116 valence electrons. The van der Waals surface area contributed by atoms with E-state index in [2.05, 4.69) is 11.4 Å². The molecule has 1 unspecified atom stereocenters. The van der Waals surface area contributed by atoms with E-state index in [1.54, 1.807) is 0 Å². The van der Waals surface area contributed by atoms with Crippen LogP contribution >= 0.6 is 12.4 Å². The van der Waals surface area contributed by atoms with Crippen LogP contribution in [0.15, 0.2) is 24.3 Å². The van der Waals surface area contributed by atoms with E-state index < -0.39 is 0 Å². The van der Waals surface area contributed by atoms with Crippen LogP contribution in [0.1, 0.15) is 31.2 Å². The number of ether oxygens (including phenoxy) is 1. The summed E-state index contributed by atoms with van der Waals surface area (Å²) < 4.78 is 5.60. The second-order valence-electron chi connectivity index (χ2n) is 5.52. The fourth-order valence-corrected chi connectivity index (χ4v) is 3.01. The highest BCUT2D eigenvalue weighted by Gasteiger charge is 2.22. The van der Waals surface area contributed by atoms with Crippen molar-refractivity contribution in [3.8, 4) is 0 Å². The van der Waals surface area contributed by atoms with Crippen molar-refractivity contribution in [3.63, 3.8) is 0 Å². The fraction of sp³-hybridized carbons (Fsp3) is 0.562. The largest absolute Gasteiger partial charge is 0.378 e. The lowest BCUT2D eigenvalue weighted by Crippen LogP contribution is -2.35. The van der Waals surface area contributed by atoms with Gasteiger partial charge in [-0.2, -0.15) is 0 Å². The van der Waals surface area contributed by atoms with Gasteiger partial charge in [-0.25, -0.2) is 0 Å². The normalized spacial score (nSPS) is 21.3. The van der Waals surface area contributed by atoms with Crippen molar-refractivity contribution in [2.75, 3.05) is 24.6 Å². The zero-order chi connectivity index (χ0) is 13.8. The quantitative estimate of drug-likeness (QED) is 0.932. The van der Waals surface area contributed by atoms with Crippen molar-refractivity contribution in [1.82, 2.24) is 5.32 Å². The van der Waals surface area contributed by atoms with Crippen molar-refractivity contribution in [3.05, 3.63) is 29.8 Å². The molecule has 4 nitrogen and oxygen atoms in total. The summed E-state index contributed by atoms with van der Waals surface area (Å²) in [5.74, 6) is 0.219. The molecular formula is C16H23ClN2O2. The third kappa shape index (κ3) is 3.96. The minimum Gasteiger partial charge on any atom is -0.378 e. The lowest BCUT2D eigenvalue weighted by atomic mass is 10.1. The average molecular weight is 311 g/mol. The second kappa shape index (κ2) is 7.78. The predicted molar refractivity (Wildman–Crippen MR) is 86.0 cm³/mol. The third-order valence-corrected chi connectivity index (χ3v) is 4.12.